The number of guanidine groups is 1. The molecule has 0 spiro atoms. The lowest BCUT2D eigenvalue weighted by Gasteiger charge is -2.15. The van der Waals surface area contributed by atoms with Crippen LogP contribution in [0.2, 0.25) is 0 Å². The minimum atomic E-state index is -4.37. The Bertz CT molecular complexity index is 584. The predicted molar refractivity (Wildman–Crippen MR) is 107 cm³/mol. The molecule has 0 aromatic carbocycles. The number of halogens is 4. The van der Waals surface area contributed by atoms with Crippen molar-refractivity contribution in [3.8, 4) is 0 Å². The smallest absolute Gasteiger partial charge is 0.356 e. The highest BCUT2D eigenvalue weighted by Gasteiger charge is 2.33. The van der Waals surface area contributed by atoms with Crippen LogP contribution < -0.4 is 10.6 Å². The molecule has 2 N–H and O–H groups in total. The van der Waals surface area contributed by atoms with Crippen LogP contribution in [0.5, 0.6) is 0 Å². The predicted octanol–water partition coefficient (Wildman–Crippen LogP) is 4.38. The van der Waals surface area contributed by atoms with E-state index in [-0.39, 0.29) is 24.0 Å². The van der Waals surface area contributed by atoms with Gasteiger partial charge in [-0.15, -0.1) is 35.3 Å². The van der Waals surface area contributed by atoms with Crippen molar-refractivity contribution < 1.29 is 13.2 Å². The maximum atomic E-state index is 12.5. The van der Waals surface area contributed by atoms with Gasteiger partial charge in [0.1, 0.15) is 0 Å². The molecule has 0 bridgehead atoms. The van der Waals surface area contributed by atoms with Crippen LogP contribution in [-0.4, -0.2) is 31.1 Å². The van der Waals surface area contributed by atoms with Crippen molar-refractivity contribution in [3.05, 3.63) is 27.7 Å². The Morgan fingerprint density at radius 3 is 2.52 bits per heavy atom. The van der Waals surface area contributed by atoms with Gasteiger partial charge in [-0.25, -0.2) is 4.98 Å². The van der Waals surface area contributed by atoms with Crippen molar-refractivity contribution in [1.82, 2.24) is 15.6 Å². The van der Waals surface area contributed by atoms with Crippen LogP contribution in [0.4, 0.5) is 13.2 Å². The quantitative estimate of drug-likeness (QED) is 0.271. The fourth-order valence-electron chi connectivity index (χ4n) is 2.54. The number of hydrogen-bond acceptors (Lipinski definition) is 3. The number of alkyl halides is 3. The Hall–Kier alpha value is -0.840. The molecular formula is C16H24F3IN4S. The number of rotatable bonds is 6. The van der Waals surface area contributed by atoms with Crippen LogP contribution in [0, 0.1) is 0 Å². The van der Waals surface area contributed by atoms with Gasteiger partial charge < -0.3 is 10.6 Å². The van der Waals surface area contributed by atoms with Gasteiger partial charge in [0.25, 0.3) is 0 Å². The molecule has 0 amide bonds. The summed E-state index contributed by atoms with van der Waals surface area (Å²) in [5, 5.41) is 7.87. The highest BCUT2D eigenvalue weighted by atomic mass is 127. The van der Waals surface area contributed by atoms with Gasteiger partial charge >= 0.3 is 6.18 Å². The second kappa shape index (κ2) is 11.0. The summed E-state index contributed by atoms with van der Waals surface area (Å²) in [6.45, 7) is 1.30. The first-order chi connectivity index (χ1) is 11.5. The first-order valence-corrected chi connectivity index (χ1v) is 9.01. The molecule has 0 saturated carbocycles. The molecular weight excluding hydrogens is 464 g/mol. The minimum Gasteiger partial charge on any atom is -0.356 e. The van der Waals surface area contributed by atoms with Gasteiger partial charge in [-0.1, -0.05) is 11.6 Å². The number of thiazole rings is 1. The molecule has 0 saturated heterocycles. The molecule has 0 aliphatic heterocycles. The fourth-order valence-corrected chi connectivity index (χ4v) is 3.34. The molecule has 1 aliphatic rings. The van der Waals surface area contributed by atoms with E-state index in [9.17, 15) is 13.2 Å². The van der Waals surface area contributed by atoms with Crippen molar-refractivity contribution in [2.45, 2.75) is 44.7 Å². The van der Waals surface area contributed by atoms with E-state index in [0.717, 1.165) is 29.7 Å². The third-order valence-electron chi connectivity index (χ3n) is 3.82. The minimum absolute atomic E-state index is 0. The van der Waals surface area contributed by atoms with Crippen LogP contribution in [0.3, 0.4) is 0 Å². The summed E-state index contributed by atoms with van der Waals surface area (Å²) in [6, 6.07) is 0. The highest BCUT2D eigenvalue weighted by Crippen LogP contribution is 2.30. The van der Waals surface area contributed by atoms with Crippen LogP contribution in [-0.2, 0) is 12.6 Å². The summed E-state index contributed by atoms with van der Waals surface area (Å²) in [5.41, 5.74) is 0.678. The molecule has 1 aliphatic carbocycles. The second-order valence-electron chi connectivity index (χ2n) is 5.66. The van der Waals surface area contributed by atoms with Crippen molar-refractivity contribution in [1.29, 1.82) is 0 Å². The van der Waals surface area contributed by atoms with Crippen molar-refractivity contribution in [3.63, 3.8) is 0 Å². The first kappa shape index (κ1) is 22.2. The first-order valence-electron chi connectivity index (χ1n) is 8.13. The number of aromatic nitrogens is 1. The molecule has 9 heteroatoms. The van der Waals surface area contributed by atoms with Gasteiger partial charge in [0.2, 0.25) is 0 Å². The van der Waals surface area contributed by atoms with Crippen molar-refractivity contribution in [2.24, 2.45) is 4.99 Å². The Morgan fingerprint density at radius 1 is 1.24 bits per heavy atom. The van der Waals surface area contributed by atoms with Gasteiger partial charge in [-0.05, 0) is 32.1 Å². The van der Waals surface area contributed by atoms with Gasteiger partial charge in [-0.2, -0.15) is 13.2 Å². The third-order valence-corrected chi connectivity index (χ3v) is 4.73. The third kappa shape index (κ3) is 7.93. The van der Waals surface area contributed by atoms with Crippen LogP contribution >= 0.6 is 35.3 Å². The zero-order valence-corrected chi connectivity index (χ0v) is 17.3. The summed E-state index contributed by atoms with van der Waals surface area (Å²) in [7, 11) is 1.68. The topological polar surface area (TPSA) is 49.3 Å². The van der Waals surface area contributed by atoms with E-state index in [1.54, 1.807) is 7.05 Å². The highest BCUT2D eigenvalue weighted by molar-refractivity contribution is 14.0. The van der Waals surface area contributed by atoms with Gasteiger partial charge in [0, 0.05) is 31.9 Å². The van der Waals surface area contributed by atoms with E-state index < -0.39 is 11.9 Å². The number of allylic oxidation sites excluding steroid dienone is 1. The molecule has 0 atom stereocenters. The fraction of sp³-hybridized carbons (Fsp3) is 0.625. The molecule has 4 nitrogen and oxygen atoms in total. The maximum Gasteiger partial charge on any atom is 0.434 e. The molecule has 1 heterocycles. The Kier molecular flexibility index (Phi) is 9.77. The molecule has 1 aromatic heterocycles. The zero-order chi connectivity index (χ0) is 17.4. The van der Waals surface area contributed by atoms with E-state index >= 15 is 0 Å². The normalized spacial score (nSPS) is 15.4. The molecule has 2 rings (SSSR count). The average molecular weight is 488 g/mol. The maximum absolute atomic E-state index is 12.5. The molecule has 0 radical (unpaired) electrons. The summed E-state index contributed by atoms with van der Waals surface area (Å²) < 4.78 is 37.5. The van der Waals surface area contributed by atoms with Gasteiger partial charge in [-0.3, -0.25) is 4.99 Å². The summed E-state index contributed by atoms with van der Waals surface area (Å²) >= 11 is 1.03. The van der Waals surface area contributed by atoms with Crippen molar-refractivity contribution >= 4 is 41.3 Å². The lowest BCUT2D eigenvalue weighted by atomic mass is 9.97. The van der Waals surface area contributed by atoms with E-state index in [1.165, 1.54) is 31.3 Å². The SMILES string of the molecule is CN=C(NCCC1=CCCCC1)NCCc1nc(C(F)(F)F)cs1.I. The molecule has 25 heavy (non-hydrogen) atoms. The lowest BCUT2D eigenvalue weighted by Crippen LogP contribution is -2.38. The van der Waals surface area contributed by atoms with Crippen molar-refractivity contribution in [2.75, 3.05) is 20.1 Å². The van der Waals surface area contributed by atoms with Gasteiger partial charge in [0.15, 0.2) is 11.7 Å². The Morgan fingerprint density at radius 2 is 1.96 bits per heavy atom. The van der Waals surface area contributed by atoms with E-state index in [4.69, 9.17) is 0 Å². The van der Waals surface area contributed by atoms with E-state index in [1.807, 2.05) is 0 Å². The summed E-state index contributed by atoms with van der Waals surface area (Å²) in [6.07, 6.45) is 4.30. The monoisotopic (exact) mass is 488 g/mol. The summed E-state index contributed by atoms with van der Waals surface area (Å²) in [4.78, 5) is 7.74. The summed E-state index contributed by atoms with van der Waals surface area (Å²) in [5.74, 6) is 0.666. The van der Waals surface area contributed by atoms with Crippen LogP contribution in [0.25, 0.3) is 0 Å². The average Bonchev–Trinajstić information content (AvgIpc) is 3.03. The number of aliphatic imine (C=N–C) groups is 1. The number of nitrogens with one attached hydrogen (secondary N) is 2. The molecule has 1 aromatic rings. The Balaban J connectivity index is 0.00000312. The van der Waals surface area contributed by atoms with Gasteiger partial charge in [0.05, 0.1) is 5.01 Å². The molecule has 0 fully saturated rings. The molecule has 142 valence electrons. The van der Waals surface area contributed by atoms with E-state index in [2.05, 4.69) is 26.7 Å². The van der Waals surface area contributed by atoms with E-state index in [0.29, 0.717) is 23.9 Å². The lowest BCUT2D eigenvalue weighted by molar-refractivity contribution is -0.140. The Labute approximate surface area is 167 Å². The standard InChI is InChI=1S/C16H23F3N4S.HI/c1-20-15(21-9-7-12-5-3-2-4-6-12)22-10-8-14-23-13(11-24-14)16(17,18)19;/h5,11H,2-4,6-10H2,1H3,(H2,20,21,22);1H. The number of nitrogens with zero attached hydrogens (tertiary/aromatic N) is 2. The van der Waals surface area contributed by atoms with Crippen LogP contribution in [0.1, 0.15) is 42.8 Å². The number of hydrogen-bond donors (Lipinski definition) is 2. The molecule has 0 unspecified atom stereocenters. The largest absolute Gasteiger partial charge is 0.434 e. The second-order valence-corrected chi connectivity index (χ2v) is 6.60. The van der Waals surface area contributed by atoms with Crippen LogP contribution in [0.15, 0.2) is 22.0 Å². The zero-order valence-electron chi connectivity index (χ0n) is 14.2.